The second kappa shape index (κ2) is 11.4. The fourth-order valence-corrected chi connectivity index (χ4v) is 6.97. The molecule has 7 aromatic carbocycles. The molecule has 2 heteroatoms. The fraction of sp³-hybridized carbons (Fsp3) is 0.0952. The molecule has 1 aliphatic carbocycles. The van der Waals surface area contributed by atoms with E-state index in [9.17, 15) is 0 Å². The minimum atomic E-state index is 1.13. The van der Waals surface area contributed by atoms with Crippen LogP contribution in [0.3, 0.4) is 0 Å². The fourth-order valence-electron chi connectivity index (χ4n) is 6.97. The summed E-state index contributed by atoms with van der Waals surface area (Å²) in [6.45, 7) is 0. The van der Waals surface area contributed by atoms with Gasteiger partial charge in [-0.25, -0.2) is 0 Å². The molecule has 0 fully saturated rings. The predicted octanol–water partition coefficient (Wildman–Crippen LogP) is 11.8. The molecule has 0 bridgehead atoms. The van der Waals surface area contributed by atoms with Gasteiger partial charge < -0.3 is 9.80 Å². The van der Waals surface area contributed by atoms with Crippen LogP contribution in [-0.4, -0.2) is 0 Å². The van der Waals surface area contributed by atoms with Gasteiger partial charge in [-0.15, -0.1) is 0 Å². The van der Waals surface area contributed by atoms with Crippen LogP contribution in [0.1, 0.15) is 24.0 Å². The summed E-state index contributed by atoms with van der Waals surface area (Å²) >= 11 is 0. The maximum atomic E-state index is 2.52. The second-order valence-corrected chi connectivity index (χ2v) is 11.6. The average Bonchev–Trinajstić information content (AvgIpc) is 3.10. The molecule has 0 aromatic heterocycles. The third-order valence-corrected chi connectivity index (χ3v) is 8.93. The Balaban J connectivity index is 1.55. The number of benzene rings is 7. The number of anilines is 6. The number of para-hydroxylation sites is 4. The van der Waals surface area contributed by atoms with Gasteiger partial charge in [0.25, 0.3) is 0 Å². The van der Waals surface area contributed by atoms with Crippen molar-refractivity contribution in [3.05, 3.63) is 169 Å². The van der Waals surface area contributed by atoms with Crippen molar-refractivity contribution in [2.75, 3.05) is 9.80 Å². The second-order valence-electron chi connectivity index (χ2n) is 11.6. The van der Waals surface area contributed by atoms with Crippen LogP contribution < -0.4 is 9.80 Å². The van der Waals surface area contributed by atoms with Crippen molar-refractivity contribution in [1.82, 2.24) is 0 Å². The van der Waals surface area contributed by atoms with Crippen molar-refractivity contribution in [2.45, 2.75) is 25.7 Å². The SMILES string of the molecule is c1ccc(N(c2ccccc2)c2c3ccccc3c(N(c3ccccc3)c3ccccc3)c3cc4c(cc23)CCCC4)cc1. The van der Waals surface area contributed by atoms with E-state index in [1.165, 1.54) is 56.9 Å². The number of hydrogen-bond acceptors (Lipinski definition) is 2. The van der Waals surface area contributed by atoms with E-state index in [0.29, 0.717) is 0 Å². The summed E-state index contributed by atoms with van der Waals surface area (Å²) in [5, 5.41) is 5.03. The van der Waals surface area contributed by atoms with Crippen LogP contribution >= 0.6 is 0 Å². The molecular weight excluding hydrogens is 532 g/mol. The Morgan fingerprint density at radius 1 is 0.318 bits per heavy atom. The first kappa shape index (κ1) is 26.3. The van der Waals surface area contributed by atoms with E-state index in [1.54, 1.807) is 0 Å². The Bertz CT molecular complexity index is 1820. The standard InChI is InChI=1S/C42H34N2/c1-5-19-33(20-6-1)43(34-21-7-2-8-22-34)41-37-27-15-16-28-38(37)42(40-30-32-18-14-13-17-31(32)29-39(40)41)44(35-23-9-3-10-24-35)36-25-11-4-12-26-36/h1-12,15-16,19-30H,13-14,17-18H2. The molecule has 1 aliphatic rings. The molecule has 0 amide bonds. The lowest BCUT2D eigenvalue weighted by atomic mass is 9.86. The zero-order chi connectivity index (χ0) is 29.3. The molecule has 2 nitrogen and oxygen atoms in total. The summed E-state index contributed by atoms with van der Waals surface area (Å²) in [5.74, 6) is 0. The number of aryl methyl sites for hydroxylation is 2. The summed E-state index contributed by atoms with van der Waals surface area (Å²) < 4.78 is 0. The molecule has 44 heavy (non-hydrogen) atoms. The molecule has 0 aliphatic heterocycles. The first-order valence-electron chi connectivity index (χ1n) is 15.7. The Morgan fingerprint density at radius 3 is 0.932 bits per heavy atom. The third kappa shape index (κ3) is 4.60. The van der Waals surface area contributed by atoms with Gasteiger partial charge in [0.15, 0.2) is 0 Å². The van der Waals surface area contributed by atoms with Crippen molar-refractivity contribution in [2.24, 2.45) is 0 Å². The Hall–Kier alpha value is -5.34. The molecule has 0 radical (unpaired) electrons. The first-order chi connectivity index (χ1) is 21.9. The van der Waals surface area contributed by atoms with Crippen LogP contribution in [0.5, 0.6) is 0 Å². The normalized spacial score (nSPS) is 12.6. The van der Waals surface area contributed by atoms with Crippen molar-refractivity contribution < 1.29 is 0 Å². The van der Waals surface area contributed by atoms with Crippen molar-refractivity contribution in [3.63, 3.8) is 0 Å². The molecule has 0 heterocycles. The highest BCUT2D eigenvalue weighted by atomic mass is 15.2. The number of fused-ring (bicyclic) bond motifs is 3. The molecule has 0 spiro atoms. The van der Waals surface area contributed by atoms with E-state index in [1.807, 2.05) is 0 Å². The monoisotopic (exact) mass is 566 g/mol. The van der Waals surface area contributed by atoms with Gasteiger partial charge in [-0.2, -0.15) is 0 Å². The number of nitrogens with zero attached hydrogens (tertiary/aromatic N) is 2. The zero-order valence-corrected chi connectivity index (χ0v) is 24.7. The van der Waals surface area contributed by atoms with Crippen LogP contribution in [0.2, 0.25) is 0 Å². The molecular formula is C42H34N2. The number of hydrogen-bond donors (Lipinski definition) is 0. The van der Waals surface area contributed by atoms with E-state index < -0.39 is 0 Å². The molecule has 7 aromatic rings. The van der Waals surface area contributed by atoms with Crippen LogP contribution in [0.25, 0.3) is 21.5 Å². The van der Waals surface area contributed by atoms with Crippen LogP contribution in [0, 0.1) is 0 Å². The summed E-state index contributed by atoms with van der Waals surface area (Å²) in [5.41, 5.74) is 10.0. The minimum Gasteiger partial charge on any atom is -0.309 e. The molecule has 212 valence electrons. The Labute approximate surface area is 259 Å². The van der Waals surface area contributed by atoms with Gasteiger partial charge in [-0.3, -0.25) is 0 Å². The summed E-state index contributed by atoms with van der Waals surface area (Å²) in [6.07, 6.45) is 4.75. The van der Waals surface area contributed by atoms with Gasteiger partial charge in [0, 0.05) is 44.3 Å². The molecule has 0 saturated heterocycles. The lowest BCUT2D eigenvalue weighted by Gasteiger charge is -2.33. The highest BCUT2D eigenvalue weighted by Crippen LogP contribution is 2.51. The van der Waals surface area contributed by atoms with Gasteiger partial charge in [-0.05, 0) is 97.5 Å². The van der Waals surface area contributed by atoms with E-state index in [-0.39, 0.29) is 0 Å². The Kier molecular flexibility index (Phi) is 6.81. The van der Waals surface area contributed by atoms with E-state index in [2.05, 4.69) is 168 Å². The van der Waals surface area contributed by atoms with Crippen molar-refractivity contribution in [1.29, 1.82) is 0 Å². The number of rotatable bonds is 6. The molecule has 0 saturated carbocycles. The summed E-state index contributed by atoms with van der Waals surface area (Å²) in [7, 11) is 0. The minimum absolute atomic E-state index is 1.13. The zero-order valence-electron chi connectivity index (χ0n) is 24.7. The van der Waals surface area contributed by atoms with Crippen LogP contribution in [0.15, 0.2) is 158 Å². The van der Waals surface area contributed by atoms with Crippen molar-refractivity contribution in [3.8, 4) is 0 Å². The van der Waals surface area contributed by atoms with Gasteiger partial charge in [-0.1, -0.05) is 97.1 Å². The van der Waals surface area contributed by atoms with E-state index >= 15 is 0 Å². The van der Waals surface area contributed by atoms with E-state index in [4.69, 9.17) is 0 Å². The van der Waals surface area contributed by atoms with Gasteiger partial charge >= 0.3 is 0 Å². The first-order valence-corrected chi connectivity index (χ1v) is 15.7. The largest absolute Gasteiger partial charge is 0.309 e. The van der Waals surface area contributed by atoms with Gasteiger partial charge in [0.2, 0.25) is 0 Å². The molecule has 0 unspecified atom stereocenters. The smallest absolute Gasteiger partial charge is 0.0620 e. The quantitative estimate of drug-likeness (QED) is 0.146. The van der Waals surface area contributed by atoms with Gasteiger partial charge in [0.05, 0.1) is 11.4 Å². The molecule has 0 N–H and O–H groups in total. The molecule has 0 atom stereocenters. The predicted molar refractivity (Wildman–Crippen MR) is 187 cm³/mol. The average molecular weight is 567 g/mol. The Morgan fingerprint density at radius 2 is 0.614 bits per heavy atom. The highest BCUT2D eigenvalue weighted by Gasteiger charge is 2.26. The van der Waals surface area contributed by atoms with E-state index in [0.717, 1.165) is 35.6 Å². The van der Waals surface area contributed by atoms with Crippen LogP contribution in [-0.2, 0) is 12.8 Å². The van der Waals surface area contributed by atoms with Crippen LogP contribution in [0.4, 0.5) is 34.1 Å². The van der Waals surface area contributed by atoms with Gasteiger partial charge in [0.1, 0.15) is 0 Å². The molecule has 8 rings (SSSR count). The summed E-state index contributed by atoms with van der Waals surface area (Å²) in [4.78, 5) is 4.91. The topological polar surface area (TPSA) is 6.48 Å². The lowest BCUT2D eigenvalue weighted by Crippen LogP contribution is -2.15. The highest BCUT2D eigenvalue weighted by molar-refractivity contribution is 6.23. The summed E-state index contributed by atoms with van der Waals surface area (Å²) in [6, 6.07) is 57.3. The third-order valence-electron chi connectivity index (χ3n) is 8.93. The van der Waals surface area contributed by atoms with Crippen molar-refractivity contribution >= 4 is 55.7 Å². The lowest BCUT2D eigenvalue weighted by molar-refractivity contribution is 0.687. The maximum absolute atomic E-state index is 2.52. The maximum Gasteiger partial charge on any atom is 0.0620 e.